The number of piperidine rings is 1. The van der Waals surface area contributed by atoms with Crippen molar-refractivity contribution in [3.63, 3.8) is 0 Å². The molecule has 1 saturated carbocycles. The maximum Gasteiger partial charge on any atom is 0.407 e. The number of alkyl carbamates (subject to hydrolysis) is 1. The Balaban J connectivity index is 1.34. The summed E-state index contributed by atoms with van der Waals surface area (Å²) in [6.07, 6.45) is 5.15. The molecule has 1 saturated heterocycles. The molecule has 7 nitrogen and oxygen atoms in total. The van der Waals surface area contributed by atoms with Crippen molar-refractivity contribution in [2.45, 2.75) is 38.0 Å². The molecule has 2 N–H and O–H groups in total. The Morgan fingerprint density at radius 1 is 1.23 bits per heavy atom. The number of ether oxygens (including phenoxy) is 1. The monoisotopic (exact) mass is 360 g/mol. The van der Waals surface area contributed by atoms with Crippen molar-refractivity contribution in [1.29, 1.82) is 0 Å². The summed E-state index contributed by atoms with van der Waals surface area (Å²) in [6.45, 7) is 2.35. The number of likely N-dealkylation sites (N-methyl/N-ethyl adjacent to an activating group) is 1. The molecule has 1 aliphatic heterocycles. The Kier molecular flexibility index (Phi) is 6.30. The van der Waals surface area contributed by atoms with Crippen LogP contribution in [0.25, 0.3) is 0 Å². The van der Waals surface area contributed by atoms with E-state index in [0.717, 1.165) is 38.2 Å². The number of carbonyl (C=O) groups is 2. The third kappa shape index (κ3) is 5.34. The molecule has 0 spiro atoms. The number of pyridine rings is 1. The number of hydrogen-bond donors (Lipinski definition) is 2. The van der Waals surface area contributed by atoms with Crippen LogP contribution >= 0.6 is 0 Å². The van der Waals surface area contributed by atoms with Gasteiger partial charge in [-0.3, -0.25) is 4.79 Å². The van der Waals surface area contributed by atoms with Crippen molar-refractivity contribution >= 4 is 17.8 Å². The predicted octanol–water partition coefficient (Wildman–Crippen LogP) is 2.04. The Labute approximate surface area is 154 Å². The van der Waals surface area contributed by atoms with Gasteiger partial charge >= 0.3 is 6.09 Å². The lowest BCUT2D eigenvalue weighted by Gasteiger charge is -2.33. The van der Waals surface area contributed by atoms with Crippen molar-refractivity contribution in [1.82, 2.24) is 15.6 Å². The van der Waals surface area contributed by atoms with Crippen LogP contribution < -0.4 is 15.5 Å². The smallest absolute Gasteiger partial charge is 0.407 e. The van der Waals surface area contributed by atoms with Crippen LogP contribution in [0.5, 0.6) is 0 Å². The number of hydrogen-bond acceptors (Lipinski definition) is 5. The zero-order valence-corrected chi connectivity index (χ0v) is 15.4. The first-order chi connectivity index (χ1) is 12.7. The van der Waals surface area contributed by atoms with Crippen molar-refractivity contribution in [2.24, 2.45) is 5.92 Å². The van der Waals surface area contributed by atoms with Crippen LogP contribution in [0, 0.1) is 5.92 Å². The average molecular weight is 360 g/mol. The second kappa shape index (κ2) is 8.87. The van der Waals surface area contributed by atoms with Gasteiger partial charge in [0.05, 0.1) is 0 Å². The van der Waals surface area contributed by atoms with E-state index in [2.05, 4.69) is 33.7 Å². The minimum Gasteiger partial charge on any atom is -0.439 e. The highest BCUT2D eigenvalue weighted by Crippen LogP contribution is 2.39. The van der Waals surface area contributed by atoms with E-state index in [9.17, 15) is 9.59 Å². The summed E-state index contributed by atoms with van der Waals surface area (Å²) in [7, 11) is 1.51. The molecule has 0 radical (unpaired) electrons. The summed E-state index contributed by atoms with van der Waals surface area (Å²) < 4.78 is 4.82. The van der Waals surface area contributed by atoms with E-state index in [4.69, 9.17) is 9.72 Å². The largest absolute Gasteiger partial charge is 0.439 e. The lowest BCUT2D eigenvalue weighted by atomic mass is 9.93. The van der Waals surface area contributed by atoms with Crippen molar-refractivity contribution in [3.8, 4) is 0 Å². The second-order valence-electron chi connectivity index (χ2n) is 7.09. The zero-order valence-electron chi connectivity index (χ0n) is 15.4. The average Bonchev–Trinajstić information content (AvgIpc) is 3.52. The van der Waals surface area contributed by atoms with Crippen LogP contribution in [0.15, 0.2) is 18.2 Å². The van der Waals surface area contributed by atoms with Gasteiger partial charge in [0.25, 0.3) is 5.91 Å². The molecule has 2 fully saturated rings. The van der Waals surface area contributed by atoms with E-state index in [0.29, 0.717) is 18.4 Å². The molecule has 3 rings (SSSR count). The summed E-state index contributed by atoms with van der Waals surface area (Å²) in [5.74, 6) is 2.06. The summed E-state index contributed by atoms with van der Waals surface area (Å²) in [5.41, 5.74) is 1.24. The van der Waals surface area contributed by atoms with Gasteiger partial charge in [-0.15, -0.1) is 0 Å². The Morgan fingerprint density at radius 2 is 2.00 bits per heavy atom. The van der Waals surface area contributed by atoms with Gasteiger partial charge in [0, 0.05) is 38.3 Å². The Bertz CT molecular complexity index is 625. The molecule has 142 valence electrons. The normalized spacial score (nSPS) is 17.7. The van der Waals surface area contributed by atoms with Gasteiger partial charge in [-0.25, -0.2) is 9.78 Å². The highest BCUT2D eigenvalue weighted by molar-refractivity contribution is 5.79. The maximum atomic E-state index is 11.5. The number of carbonyl (C=O) groups excluding carboxylic acids is 2. The fourth-order valence-corrected chi connectivity index (χ4v) is 3.31. The number of nitrogens with zero attached hydrogens (tertiary/aromatic N) is 2. The highest BCUT2D eigenvalue weighted by atomic mass is 16.6. The van der Waals surface area contributed by atoms with E-state index in [1.165, 1.54) is 25.6 Å². The van der Waals surface area contributed by atoms with E-state index < -0.39 is 6.09 Å². The van der Waals surface area contributed by atoms with Crippen LogP contribution in [-0.4, -0.2) is 50.3 Å². The molecule has 0 atom stereocenters. The molecule has 26 heavy (non-hydrogen) atoms. The number of nitrogens with one attached hydrogen (secondary N) is 2. The molecule has 7 heteroatoms. The highest BCUT2D eigenvalue weighted by Gasteiger charge is 2.26. The van der Waals surface area contributed by atoms with Crippen LogP contribution in [0.3, 0.4) is 0 Å². The summed E-state index contributed by atoms with van der Waals surface area (Å²) in [5, 5.41) is 5.12. The fourth-order valence-electron chi connectivity index (χ4n) is 3.31. The molecular formula is C19H28N4O3. The SMILES string of the molecule is CNC(=O)COC(=O)NCCC1CCN(c2cccc(C3CC3)n2)CC1. The molecule has 2 heterocycles. The van der Waals surface area contributed by atoms with Gasteiger partial charge in [-0.1, -0.05) is 6.07 Å². The second-order valence-corrected chi connectivity index (χ2v) is 7.09. The van der Waals surface area contributed by atoms with Crippen LogP contribution in [-0.2, 0) is 9.53 Å². The maximum absolute atomic E-state index is 11.5. The molecule has 1 aromatic rings. The summed E-state index contributed by atoms with van der Waals surface area (Å²) in [6, 6.07) is 6.37. The quantitative estimate of drug-likeness (QED) is 0.777. The van der Waals surface area contributed by atoms with Gasteiger partial charge in [-0.05, 0) is 50.2 Å². The molecule has 2 amide bonds. The van der Waals surface area contributed by atoms with E-state index in [1.54, 1.807) is 0 Å². The predicted molar refractivity (Wildman–Crippen MR) is 99.2 cm³/mol. The summed E-state index contributed by atoms with van der Waals surface area (Å²) >= 11 is 0. The lowest BCUT2D eigenvalue weighted by Crippen LogP contribution is -2.36. The minimum absolute atomic E-state index is 0.242. The first-order valence-corrected chi connectivity index (χ1v) is 9.49. The van der Waals surface area contributed by atoms with E-state index in [-0.39, 0.29) is 12.5 Å². The van der Waals surface area contributed by atoms with Crippen LogP contribution in [0.2, 0.25) is 0 Å². The first-order valence-electron chi connectivity index (χ1n) is 9.49. The van der Waals surface area contributed by atoms with Gasteiger partial charge in [0.1, 0.15) is 5.82 Å². The molecule has 2 aliphatic rings. The van der Waals surface area contributed by atoms with Crippen LogP contribution in [0.1, 0.15) is 43.7 Å². The zero-order chi connectivity index (χ0) is 18.4. The standard InChI is InChI=1S/C19H28N4O3/c1-20-18(24)13-26-19(25)21-10-7-14-8-11-23(12-9-14)17-4-2-3-16(22-17)15-5-6-15/h2-4,14-15H,5-13H2,1H3,(H,20,24)(H,21,25). The molecular weight excluding hydrogens is 332 g/mol. The number of aromatic nitrogens is 1. The molecule has 1 aliphatic carbocycles. The van der Waals surface area contributed by atoms with Gasteiger partial charge in [0.2, 0.25) is 0 Å². The van der Waals surface area contributed by atoms with Crippen molar-refractivity contribution in [3.05, 3.63) is 23.9 Å². The number of anilines is 1. The van der Waals surface area contributed by atoms with Crippen molar-refractivity contribution < 1.29 is 14.3 Å². The van der Waals surface area contributed by atoms with Gasteiger partial charge < -0.3 is 20.3 Å². The third-order valence-electron chi connectivity index (χ3n) is 5.13. The topological polar surface area (TPSA) is 83.6 Å². The first kappa shape index (κ1) is 18.5. The molecule has 0 unspecified atom stereocenters. The van der Waals surface area contributed by atoms with Crippen molar-refractivity contribution in [2.75, 3.05) is 38.2 Å². The van der Waals surface area contributed by atoms with Crippen LogP contribution in [0.4, 0.5) is 10.6 Å². The molecule has 1 aromatic heterocycles. The minimum atomic E-state index is -0.535. The van der Waals surface area contributed by atoms with Gasteiger partial charge in [0.15, 0.2) is 6.61 Å². The summed E-state index contributed by atoms with van der Waals surface area (Å²) in [4.78, 5) is 29.7. The third-order valence-corrected chi connectivity index (χ3v) is 5.13. The molecule has 0 aromatic carbocycles. The molecule has 0 bridgehead atoms. The lowest BCUT2D eigenvalue weighted by molar-refractivity contribution is -0.123. The Morgan fingerprint density at radius 3 is 2.69 bits per heavy atom. The number of amides is 2. The van der Waals surface area contributed by atoms with E-state index >= 15 is 0 Å². The van der Waals surface area contributed by atoms with Gasteiger partial charge in [-0.2, -0.15) is 0 Å². The Hall–Kier alpha value is -2.31. The van der Waals surface area contributed by atoms with E-state index in [1.807, 2.05) is 0 Å². The fraction of sp³-hybridized carbons (Fsp3) is 0.632. The number of rotatable bonds is 7.